The third kappa shape index (κ3) is 7.80. The average molecular weight is 354 g/mol. The summed E-state index contributed by atoms with van der Waals surface area (Å²) >= 11 is 1.01. The molecule has 0 fully saturated rings. The molecule has 0 atom stereocenters. The zero-order chi connectivity index (χ0) is 15.9. The third-order valence-corrected chi connectivity index (χ3v) is 5.63. The van der Waals surface area contributed by atoms with Gasteiger partial charge in [0.25, 0.3) is 9.05 Å². The Morgan fingerprint density at radius 3 is 2.71 bits per heavy atom. The Hall–Kier alpha value is -0.630. The molecule has 1 aromatic rings. The molecule has 1 amide bonds. The lowest BCUT2D eigenvalue weighted by Gasteiger charge is -2.07. The predicted octanol–water partition coefficient (Wildman–Crippen LogP) is 2.40. The van der Waals surface area contributed by atoms with E-state index in [2.05, 4.69) is 19.2 Å². The quantitative estimate of drug-likeness (QED) is 0.546. The monoisotopic (exact) mass is 353 g/mol. The summed E-state index contributed by atoms with van der Waals surface area (Å²) < 4.78 is 27.7. The first-order valence-electron chi connectivity index (χ1n) is 6.67. The van der Waals surface area contributed by atoms with Gasteiger partial charge >= 0.3 is 0 Å². The zero-order valence-electron chi connectivity index (χ0n) is 12.1. The first kappa shape index (κ1) is 18.4. The molecule has 1 aromatic heterocycles. The van der Waals surface area contributed by atoms with Gasteiger partial charge in [-0.05, 0) is 24.5 Å². The number of thiophene rings is 1. The van der Waals surface area contributed by atoms with Gasteiger partial charge in [0.1, 0.15) is 4.21 Å². The normalized spacial score (nSPS) is 11.8. The van der Waals surface area contributed by atoms with Crippen LogP contribution < -0.4 is 5.32 Å². The van der Waals surface area contributed by atoms with Crippen LogP contribution in [0.2, 0.25) is 0 Å². The first-order valence-corrected chi connectivity index (χ1v) is 9.79. The van der Waals surface area contributed by atoms with E-state index in [1.54, 1.807) is 6.07 Å². The van der Waals surface area contributed by atoms with Gasteiger partial charge in [-0.15, -0.1) is 11.3 Å². The predicted molar refractivity (Wildman–Crippen MR) is 84.3 cm³/mol. The molecule has 0 saturated heterocycles. The molecule has 0 radical (unpaired) electrons. The molecule has 0 aliphatic carbocycles. The molecule has 8 heteroatoms. The van der Waals surface area contributed by atoms with Crippen LogP contribution in [0.25, 0.3) is 0 Å². The van der Waals surface area contributed by atoms with Gasteiger partial charge in [-0.1, -0.05) is 13.8 Å². The largest absolute Gasteiger partial charge is 0.381 e. The first-order chi connectivity index (χ1) is 9.79. The van der Waals surface area contributed by atoms with Crippen molar-refractivity contribution in [3.8, 4) is 0 Å². The van der Waals surface area contributed by atoms with E-state index in [0.717, 1.165) is 24.4 Å². The second-order valence-corrected chi connectivity index (χ2v) is 8.97. The van der Waals surface area contributed by atoms with E-state index in [-0.39, 0.29) is 16.5 Å². The molecule has 0 aromatic carbocycles. The Balaban J connectivity index is 2.24. The number of ether oxygens (including phenoxy) is 1. The van der Waals surface area contributed by atoms with Crippen molar-refractivity contribution < 1.29 is 17.9 Å². The van der Waals surface area contributed by atoms with Crippen molar-refractivity contribution in [1.82, 2.24) is 5.32 Å². The van der Waals surface area contributed by atoms with Crippen molar-refractivity contribution in [2.24, 2.45) is 5.92 Å². The lowest BCUT2D eigenvalue weighted by molar-refractivity contribution is -0.120. The van der Waals surface area contributed by atoms with Crippen molar-refractivity contribution in [2.45, 2.75) is 30.9 Å². The summed E-state index contributed by atoms with van der Waals surface area (Å²) in [6.07, 6.45) is 0.911. The number of halogens is 1. The van der Waals surface area contributed by atoms with Gasteiger partial charge in [0.15, 0.2) is 0 Å². The van der Waals surface area contributed by atoms with Crippen LogP contribution in [-0.2, 0) is 25.0 Å². The van der Waals surface area contributed by atoms with Crippen LogP contribution in [0.3, 0.4) is 0 Å². The van der Waals surface area contributed by atoms with E-state index in [4.69, 9.17) is 15.4 Å². The summed E-state index contributed by atoms with van der Waals surface area (Å²) in [5.74, 6) is 0.366. The maximum absolute atomic E-state index is 11.7. The molecule has 0 bridgehead atoms. The van der Waals surface area contributed by atoms with Gasteiger partial charge in [-0.3, -0.25) is 4.79 Å². The summed E-state index contributed by atoms with van der Waals surface area (Å²) in [5, 5.41) is 2.77. The highest BCUT2D eigenvalue weighted by atomic mass is 35.7. The summed E-state index contributed by atoms with van der Waals surface area (Å²) in [6.45, 7) is 6.05. The molecule has 1 N–H and O–H groups in total. The van der Waals surface area contributed by atoms with Gasteiger partial charge in [0, 0.05) is 35.3 Å². The topological polar surface area (TPSA) is 72.5 Å². The molecular weight excluding hydrogens is 334 g/mol. The molecule has 0 unspecified atom stereocenters. The molecule has 0 saturated carbocycles. The Labute approximate surface area is 134 Å². The second kappa shape index (κ2) is 8.73. The minimum atomic E-state index is -3.71. The molecule has 1 heterocycles. The van der Waals surface area contributed by atoms with Gasteiger partial charge in [0.2, 0.25) is 5.91 Å². The molecule has 0 aliphatic heterocycles. The molecule has 0 aliphatic rings. The van der Waals surface area contributed by atoms with E-state index in [1.165, 1.54) is 6.07 Å². The van der Waals surface area contributed by atoms with E-state index >= 15 is 0 Å². The van der Waals surface area contributed by atoms with Crippen molar-refractivity contribution in [3.05, 3.63) is 17.0 Å². The number of carbonyl (C=O) groups excluding carboxylic acids is 1. The van der Waals surface area contributed by atoms with E-state index in [9.17, 15) is 13.2 Å². The smallest absolute Gasteiger partial charge is 0.270 e. The van der Waals surface area contributed by atoms with Crippen LogP contribution in [0.5, 0.6) is 0 Å². The summed E-state index contributed by atoms with van der Waals surface area (Å²) in [6, 6.07) is 3.01. The molecular formula is C13H20ClNO4S2. The SMILES string of the molecule is CC(C)COCCCNC(=O)Cc1ccc(S(=O)(=O)Cl)s1. The number of rotatable bonds is 9. The van der Waals surface area contributed by atoms with Crippen LogP contribution in [0.1, 0.15) is 25.1 Å². The van der Waals surface area contributed by atoms with Crippen LogP contribution in [0, 0.1) is 5.92 Å². The molecule has 21 heavy (non-hydrogen) atoms. The molecule has 0 spiro atoms. The summed E-state index contributed by atoms with van der Waals surface area (Å²) in [5.41, 5.74) is 0. The molecule has 5 nitrogen and oxygen atoms in total. The number of hydrogen-bond acceptors (Lipinski definition) is 5. The zero-order valence-corrected chi connectivity index (χ0v) is 14.5. The summed E-state index contributed by atoms with van der Waals surface area (Å²) in [4.78, 5) is 12.4. The number of amides is 1. The Bertz CT molecular complexity index is 554. The number of nitrogens with one attached hydrogen (secondary N) is 1. The highest BCUT2D eigenvalue weighted by Crippen LogP contribution is 2.24. The highest BCUT2D eigenvalue weighted by Gasteiger charge is 2.14. The van der Waals surface area contributed by atoms with Gasteiger partial charge in [-0.2, -0.15) is 0 Å². The highest BCUT2D eigenvalue weighted by molar-refractivity contribution is 8.15. The second-order valence-electron chi connectivity index (χ2n) is 5.01. The Morgan fingerprint density at radius 1 is 1.43 bits per heavy atom. The van der Waals surface area contributed by atoms with Crippen LogP contribution in [-0.4, -0.2) is 34.1 Å². The van der Waals surface area contributed by atoms with Crippen LogP contribution in [0.4, 0.5) is 0 Å². The minimum Gasteiger partial charge on any atom is -0.381 e. The summed E-state index contributed by atoms with van der Waals surface area (Å²) in [7, 11) is 1.52. The molecule has 1 rings (SSSR count). The van der Waals surface area contributed by atoms with Gasteiger partial charge in [0.05, 0.1) is 6.42 Å². The Kier molecular flexibility index (Phi) is 7.65. The fraction of sp³-hybridized carbons (Fsp3) is 0.615. The van der Waals surface area contributed by atoms with Gasteiger partial charge in [-0.25, -0.2) is 8.42 Å². The average Bonchev–Trinajstić information content (AvgIpc) is 2.81. The van der Waals surface area contributed by atoms with Crippen molar-refractivity contribution in [2.75, 3.05) is 19.8 Å². The fourth-order valence-corrected chi connectivity index (χ4v) is 3.65. The van der Waals surface area contributed by atoms with Crippen molar-refractivity contribution in [1.29, 1.82) is 0 Å². The Morgan fingerprint density at radius 2 is 2.14 bits per heavy atom. The number of carbonyl (C=O) groups is 1. The van der Waals surface area contributed by atoms with Crippen LogP contribution in [0.15, 0.2) is 16.3 Å². The third-order valence-electron chi connectivity index (χ3n) is 2.45. The maximum atomic E-state index is 11.7. The number of hydrogen-bond donors (Lipinski definition) is 1. The van der Waals surface area contributed by atoms with Crippen molar-refractivity contribution >= 4 is 37.0 Å². The fourth-order valence-electron chi connectivity index (χ4n) is 1.53. The molecule has 120 valence electrons. The maximum Gasteiger partial charge on any atom is 0.270 e. The van der Waals surface area contributed by atoms with Crippen molar-refractivity contribution in [3.63, 3.8) is 0 Å². The van der Waals surface area contributed by atoms with Crippen LogP contribution >= 0.6 is 22.0 Å². The minimum absolute atomic E-state index is 0.0639. The standard InChI is InChI=1S/C13H20ClNO4S2/c1-10(2)9-19-7-3-6-15-12(16)8-11-4-5-13(20-11)21(14,17)18/h4-5,10H,3,6-9H2,1-2H3,(H,15,16). The lowest BCUT2D eigenvalue weighted by atomic mass is 10.2. The van der Waals surface area contributed by atoms with E-state index in [0.29, 0.717) is 23.9 Å². The lowest BCUT2D eigenvalue weighted by Crippen LogP contribution is -2.26. The van der Waals surface area contributed by atoms with Gasteiger partial charge < -0.3 is 10.1 Å². The van der Waals surface area contributed by atoms with E-state index < -0.39 is 9.05 Å². The van der Waals surface area contributed by atoms with E-state index in [1.807, 2.05) is 0 Å².